The molecule has 0 unspecified atom stereocenters. The first-order valence-corrected chi connectivity index (χ1v) is 7.85. The average molecular weight is 333 g/mol. The molecule has 1 N–H and O–H groups in total. The molecule has 2 rings (SSSR count). The maximum absolute atomic E-state index is 3.50. The normalized spacial score (nSPS) is 10.3. The van der Waals surface area contributed by atoms with Crippen molar-refractivity contribution >= 4 is 27.3 Å². The standard InChI is InChI=1S/C17H21BrN2/c1-3-20(4-2)17-10-8-16(9-11-17)19-13-14-6-5-7-15(18)12-14/h5-12,19H,3-4,13H2,1-2H3. The van der Waals surface area contributed by atoms with Crippen LogP contribution < -0.4 is 10.2 Å². The van der Waals surface area contributed by atoms with E-state index < -0.39 is 0 Å². The summed E-state index contributed by atoms with van der Waals surface area (Å²) in [6, 6.07) is 17.0. The molecule has 0 spiro atoms. The molecule has 0 saturated heterocycles. The van der Waals surface area contributed by atoms with Crippen LogP contribution in [0.4, 0.5) is 11.4 Å². The lowest BCUT2D eigenvalue weighted by molar-refractivity contribution is 0.866. The van der Waals surface area contributed by atoms with Crippen molar-refractivity contribution in [1.29, 1.82) is 0 Å². The Hall–Kier alpha value is -1.48. The quantitative estimate of drug-likeness (QED) is 0.808. The van der Waals surface area contributed by atoms with Crippen LogP contribution in [0, 0.1) is 0 Å². The van der Waals surface area contributed by atoms with Gasteiger partial charge in [-0.15, -0.1) is 0 Å². The van der Waals surface area contributed by atoms with Crippen LogP contribution in [-0.2, 0) is 6.54 Å². The van der Waals surface area contributed by atoms with E-state index in [2.05, 4.69) is 82.5 Å². The van der Waals surface area contributed by atoms with Gasteiger partial charge in [-0.1, -0.05) is 28.1 Å². The highest BCUT2D eigenvalue weighted by molar-refractivity contribution is 9.10. The van der Waals surface area contributed by atoms with E-state index in [-0.39, 0.29) is 0 Å². The van der Waals surface area contributed by atoms with Gasteiger partial charge in [0.25, 0.3) is 0 Å². The first kappa shape index (κ1) is 14.9. The van der Waals surface area contributed by atoms with E-state index >= 15 is 0 Å². The fourth-order valence-corrected chi connectivity index (χ4v) is 2.68. The monoisotopic (exact) mass is 332 g/mol. The van der Waals surface area contributed by atoms with Gasteiger partial charge < -0.3 is 10.2 Å². The summed E-state index contributed by atoms with van der Waals surface area (Å²) in [5.74, 6) is 0. The summed E-state index contributed by atoms with van der Waals surface area (Å²) in [6.07, 6.45) is 0. The summed E-state index contributed by atoms with van der Waals surface area (Å²) in [5, 5.41) is 3.45. The zero-order valence-electron chi connectivity index (χ0n) is 12.1. The third-order valence-corrected chi connectivity index (χ3v) is 3.87. The highest BCUT2D eigenvalue weighted by atomic mass is 79.9. The molecule has 2 aromatic carbocycles. The van der Waals surface area contributed by atoms with Crippen LogP contribution in [0.2, 0.25) is 0 Å². The Morgan fingerprint density at radius 2 is 1.70 bits per heavy atom. The third-order valence-electron chi connectivity index (χ3n) is 3.38. The van der Waals surface area contributed by atoms with Crippen molar-refractivity contribution in [3.63, 3.8) is 0 Å². The summed E-state index contributed by atoms with van der Waals surface area (Å²) in [4.78, 5) is 2.35. The summed E-state index contributed by atoms with van der Waals surface area (Å²) in [7, 11) is 0. The van der Waals surface area contributed by atoms with Crippen LogP contribution in [0.5, 0.6) is 0 Å². The van der Waals surface area contributed by atoms with Gasteiger partial charge in [0.15, 0.2) is 0 Å². The Labute approximate surface area is 129 Å². The molecule has 0 bridgehead atoms. The van der Waals surface area contributed by atoms with Crippen LogP contribution in [0.15, 0.2) is 53.0 Å². The first-order chi connectivity index (χ1) is 9.72. The van der Waals surface area contributed by atoms with E-state index in [1.165, 1.54) is 11.3 Å². The Balaban J connectivity index is 1.97. The number of nitrogens with zero attached hydrogens (tertiary/aromatic N) is 1. The minimum absolute atomic E-state index is 0.837. The van der Waals surface area contributed by atoms with Gasteiger partial charge in [-0.25, -0.2) is 0 Å². The van der Waals surface area contributed by atoms with E-state index in [4.69, 9.17) is 0 Å². The molecule has 0 fully saturated rings. The van der Waals surface area contributed by atoms with Crippen molar-refractivity contribution in [2.24, 2.45) is 0 Å². The average Bonchev–Trinajstić information content (AvgIpc) is 2.48. The van der Waals surface area contributed by atoms with Gasteiger partial charge in [0, 0.05) is 35.5 Å². The molecule has 0 aromatic heterocycles. The van der Waals surface area contributed by atoms with Gasteiger partial charge in [-0.3, -0.25) is 0 Å². The summed E-state index contributed by atoms with van der Waals surface area (Å²) < 4.78 is 1.12. The van der Waals surface area contributed by atoms with Crippen molar-refractivity contribution in [3.05, 3.63) is 58.6 Å². The summed E-state index contributed by atoms with van der Waals surface area (Å²) in [5.41, 5.74) is 3.70. The Kier molecular flexibility index (Phi) is 5.48. The van der Waals surface area contributed by atoms with Gasteiger partial charge in [0.05, 0.1) is 0 Å². The van der Waals surface area contributed by atoms with Crippen molar-refractivity contribution < 1.29 is 0 Å². The van der Waals surface area contributed by atoms with Crippen LogP contribution in [-0.4, -0.2) is 13.1 Å². The van der Waals surface area contributed by atoms with Gasteiger partial charge in [-0.05, 0) is 55.8 Å². The number of halogens is 1. The molecule has 0 aliphatic heterocycles. The highest BCUT2D eigenvalue weighted by Crippen LogP contribution is 2.19. The third kappa shape index (κ3) is 4.01. The van der Waals surface area contributed by atoms with Gasteiger partial charge in [0.1, 0.15) is 0 Å². The van der Waals surface area contributed by atoms with E-state index in [1.54, 1.807) is 0 Å². The lowest BCUT2D eigenvalue weighted by Gasteiger charge is -2.21. The Bertz CT molecular complexity index is 533. The minimum Gasteiger partial charge on any atom is -0.381 e. The Morgan fingerprint density at radius 3 is 2.30 bits per heavy atom. The molecule has 0 radical (unpaired) electrons. The molecule has 0 heterocycles. The lowest BCUT2D eigenvalue weighted by Crippen LogP contribution is -2.21. The smallest absolute Gasteiger partial charge is 0.0401 e. The molecule has 0 aliphatic carbocycles. The van der Waals surface area contributed by atoms with E-state index in [9.17, 15) is 0 Å². The number of hydrogen-bond acceptors (Lipinski definition) is 2. The predicted octanol–water partition coefficient (Wildman–Crippen LogP) is 4.91. The Morgan fingerprint density at radius 1 is 1.00 bits per heavy atom. The molecular formula is C17H21BrN2. The molecule has 20 heavy (non-hydrogen) atoms. The molecule has 3 heteroatoms. The molecule has 2 nitrogen and oxygen atoms in total. The summed E-state index contributed by atoms with van der Waals surface area (Å²) in [6.45, 7) is 7.29. The molecular weight excluding hydrogens is 312 g/mol. The molecule has 0 aliphatic rings. The van der Waals surface area contributed by atoms with E-state index in [0.29, 0.717) is 0 Å². The number of rotatable bonds is 6. The van der Waals surface area contributed by atoms with Crippen molar-refractivity contribution in [2.75, 3.05) is 23.3 Å². The zero-order chi connectivity index (χ0) is 14.4. The largest absolute Gasteiger partial charge is 0.381 e. The summed E-state index contributed by atoms with van der Waals surface area (Å²) >= 11 is 3.50. The van der Waals surface area contributed by atoms with Crippen LogP contribution >= 0.6 is 15.9 Å². The van der Waals surface area contributed by atoms with Crippen LogP contribution in [0.3, 0.4) is 0 Å². The SMILES string of the molecule is CCN(CC)c1ccc(NCc2cccc(Br)c2)cc1. The van der Waals surface area contributed by atoms with Crippen molar-refractivity contribution in [3.8, 4) is 0 Å². The van der Waals surface area contributed by atoms with E-state index in [1.807, 2.05) is 6.07 Å². The zero-order valence-corrected chi connectivity index (χ0v) is 13.7. The number of hydrogen-bond donors (Lipinski definition) is 1. The minimum atomic E-state index is 0.837. The number of nitrogens with one attached hydrogen (secondary N) is 1. The fraction of sp³-hybridized carbons (Fsp3) is 0.294. The molecule has 106 valence electrons. The molecule has 0 amide bonds. The predicted molar refractivity (Wildman–Crippen MR) is 91.5 cm³/mol. The fourth-order valence-electron chi connectivity index (χ4n) is 2.23. The highest BCUT2D eigenvalue weighted by Gasteiger charge is 2.01. The maximum Gasteiger partial charge on any atom is 0.0401 e. The van der Waals surface area contributed by atoms with Crippen LogP contribution in [0.25, 0.3) is 0 Å². The van der Waals surface area contributed by atoms with E-state index in [0.717, 1.165) is 29.8 Å². The lowest BCUT2D eigenvalue weighted by atomic mass is 10.2. The van der Waals surface area contributed by atoms with Gasteiger partial charge >= 0.3 is 0 Å². The second-order valence-electron chi connectivity index (χ2n) is 4.70. The second-order valence-corrected chi connectivity index (χ2v) is 5.62. The number of anilines is 2. The molecule has 0 saturated carbocycles. The van der Waals surface area contributed by atoms with Gasteiger partial charge in [-0.2, -0.15) is 0 Å². The van der Waals surface area contributed by atoms with Crippen LogP contribution in [0.1, 0.15) is 19.4 Å². The molecule has 2 aromatic rings. The first-order valence-electron chi connectivity index (χ1n) is 7.06. The maximum atomic E-state index is 3.50. The van der Waals surface area contributed by atoms with Crippen molar-refractivity contribution in [2.45, 2.75) is 20.4 Å². The topological polar surface area (TPSA) is 15.3 Å². The second kappa shape index (κ2) is 7.34. The van der Waals surface area contributed by atoms with Gasteiger partial charge in [0.2, 0.25) is 0 Å². The molecule has 0 atom stereocenters. The number of benzene rings is 2. The van der Waals surface area contributed by atoms with Crippen molar-refractivity contribution in [1.82, 2.24) is 0 Å².